The zero-order valence-corrected chi connectivity index (χ0v) is 13.0. The molecule has 1 N–H and O–H groups in total. The minimum atomic E-state index is 0.392. The summed E-state index contributed by atoms with van der Waals surface area (Å²) in [5, 5.41) is 3.46. The summed E-state index contributed by atoms with van der Waals surface area (Å²) in [6.07, 6.45) is 3.46. The Balaban J connectivity index is 2.03. The van der Waals surface area contributed by atoms with Gasteiger partial charge in [0.15, 0.2) is 5.82 Å². The third-order valence-electron chi connectivity index (χ3n) is 3.13. The molecular formula is C17H23N3O. The number of hydrogen-bond donors (Lipinski definition) is 1. The first-order valence-electron chi connectivity index (χ1n) is 7.34. The molecule has 21 heavy (non-hydrogen) atoms. The predicted octanol–water partition coefficient (Wildman–Crippen LogP) is 3.11. The second-order valence-electron chi connectivity index (χ2n) is 5.54. The average Bonchev–Trinajstić information content (AvgIpc) is 2.47. The molecule has 0 bridgehead atoms. The van der Waals surface area contributed by atoms with E-state index in [4.69, 9.17) is 4.74 Å². The zero-order valence-electron chi connectivity index (χ0n) is 13.0. The molecule has 1 aromatic carbocycles. The van der Waals surface area contributed by atoms with E-state index in [9.17, 15) is 0 Å². The van der Waals surface area contributed by atoms with Gasteiger partial charge in [-0.15, -0.1) is 0 Å². The van der Waals surface area contributed by atoms with Gasteiger partial charge in [0.1, 0.15) is 12.4 Å². The van der Waals surface area contributed by atoms with Crippen molar-refractivity contribution in [1.82, 2.24) is 15.3 Å². The number of benzene rings is 1. The number of hydrogen-bond acceptors (Lipinski definition) is 4. The number of para-hydroxylation sites is 1. The van der Waals surface area contributed by atoms with Crippen molar-refractivity contribution in [3.8, 4) is 5.75 Å². The Labute approximate surface area is 126 Å². The van der Waals surface area contributed by atoms with Gasteiger partial charge in [-0.05, 0) is 31.0 Å². The quantitative estimate of drug-likeness (QED) is 0.849. The molecule has 4 nitrogen and oxygen atoms in total. The molecule has 2 aromatic rings. The molecule has 112 valence electrons. The topological polar surface area (TPSA) is 47.0 Å². The first-order valence-corrected chi connectivity index (χ1v) is 7.34. The Bertz CT molecular complexity index is 555. The van der Waals surface area contributed by atoms with Crippen LogP contribution >= 0.6 is 0 Å². The molecular weight excluding hydrogens is 262 g/mol. The Morgan fingerprint density at radius 2 is 1.90 bits per heavy atom. The van der Waals surface area contributed by atoms with E-state index in [1.54, 1.807) is 18.5 Å². The maximum absolute atomic E-state index is 5.95. The zero-order chi connectivity index (χ0) is 15.1. The second kappa shape index (κ2) is 7.74. The fourth-order valence-electron chi connectivity index (χ4n) is 2.10. The van der Waals surface area contributed by atoms with Gasteiger partial charge in [0.25, 0.3) is 0 Å². The molecule has 0 aliphatic carbocycles. The van der Waals surface area contributed by atoms with Crippen LogP contribution in [0.25, 0.3) is 0 Å². The van der Waals surface area contributed by atoms with Gasteiger partial charge in [0, 0.05) is 24.5 Å². The molecule has 0 radical (unpaired) electrons. The predicted molar refractivity (Wildman–Crippen MR) is 84.1 cm³/mol. The van der Waals surface area contributed by atoms with E-state index in [0.717, 1.165) is 24.4 Å². The molecule has 0 unspecified atom stereocenters. The molecule has 1 aromatic heterocycles. The Morgan fingerprint density at radius 1 is 1.14 bits per heavy atom. The molecule has 0 saturated heterocycles. The second-order valence-corrected chi connectivity index (χ2v) is 5.54. The van der Waals surface area contributed by atoms with Crippen molar-refractivity contribution in [3.05, 3.63) is 53.6 Å². The van der Waals surface area contributed by atoms with Crippen LogP contribution in [-0.2, 0) is 13.2 Å². The molecule has 0 saturated carbocycles. The molecule has 0 fully saturated rings. The third-order valence-corrected chi connectivity index (χ3v) is 3.13. The van der Waals surface area contributed by atoms with Crippen LogP contribution in [0.1, 0.15) is 30.8 Å². The van der Waals surface area contributed by atoms with E-state index < -0.39 is 0 Å². The fraction of sp³-hybridized carbons (Fsp3) is 0.412. The molecule has 0 amide bonds. The lowest BCUT2D eigenvalue weighted by Gasteiger charge is -2.15. The smallest absolute Gasteiger partial charge is 0.166 e. The van der Waals surface area contributed by atoms with Gasteiger partial charge < -0.3 is 10.1 Å². The van der Waals surface area contributed by atoms with Gasteiger partial charge in [-0.2, -0.15) is 0 Å². The molecule has 2 rings (SSSR count). The van der Waals surface area contributed by atoms with Crippen LogP contribution in [-0.4, -0.2) is 16.5 Å². The highest BCUT2D eigenvalue weighted by atomic mass is 16.5. The SMILES string of the molecule is Cc1cccc(CNCC(C)C)c1OCc1ncccn1. The Morgan fingerprint density at radius 3 is 2.62 bits per heavy atom. The summed E-state index contributed by atoms with van der Waals surface area (Å²) in [5.41, 5.74) is 2.31. The first kappa shape index (κ1) is 15.4. The van der Waals surface area contributed by atoms with Gasteiger partial charge in [-0.3, -0.25) is 0 Å². The lowest BCUT2D eigenvalue weighted by atomic mass is 10.1. The number of aryl methyl sites for hydroxylation is 1. The standard InChI is InChI=1S/C17H23N3O/c1-13(2)10-18-11-15-7-4-6-14(3)17(15)21-12-16-19-8-5-9-20-16/h4-9,13,18H,10-12H2,1-3H3. The lowest BCUT2D eigenvalue weighted by molar-refractivity contribution is 0.289. The highest BCUT2D eigenvalue weighted by molar-refractivity contribution is 5.40. The van der Waals surface area contributed by atoms with Crippen molar-refractivity contribution in [3.63, 3.8) is 0 Å². The summed E-state index contributed by atoms with van der Waals surface area (Å²) in [7, 11) is 0. The van der Waals surface area contributed by atoms with Crippen LogP contribution in [0, 0.1) is 12.8 Å². The monoisotopic (exact) mass is 285 g/mol. The summed E-state index contributed by atoms with van der Waals surface area (Å²) in [6.45, 7) is 8.66. The van der Waals surface area contributed by atoms with Crippen molar-refractivity contribution in [2.24, 2.45) is 5.92 Å². The molecule has 4 heteroatoms. The van der Waals surface area contributed by atoms with Crippen molar-refractivity contribution in [1.29, 1.82) is 0 Å². The summed E-state index contributed by atoms with van der Waals surface area (Å²) in [4.78, 5) is 8.37. The third kappa shape index (κ3) is 4.83. The maximum atomic E-state index is 5.95. The van der Waals surface area contributed by atoms with Gasteiger partial charge in [-0.1, -0.05) is 32.0 Å². The summed E-state index contributed by atoms with van der Waals surface area (Å²) in [5.74, 6) is 2.26. The summed E-state index contributed by atoms with van der Waals surface area (Å²) < 4.78 is 5.95. The van der Waals surface area contributed by atoms with Crippen LogP contribution in [0.3, 0.4) is 0 Å². The fourth-order valence-corrected chi connectivity index (χ4v) is 2.10. The molecule has 0 spiro atoms. The number of rotatable bonds is 7. The van der Waals surface area contributed by atoms with Crippen LogP contribution in [0.15, 0.2) is 36.7 Å². The normalized spacial score (nSPS) is 10.9. The Kier molecular flexibility index (Phi) is 5.69. The van der Waals surface area contributed by atoms with Gasteiger partial charge in [-0.25, -0.2) is 9.97 Å². The van der Waals surface area contributed by atoms with Crippen LogP contribution in [0.5, 0.6) is 5.75 Å². The Hall–Kier alpha value is -1.94. The molecule has 0 aliphatic heterocycles. The molecule has 0 atom stereocenters. The van der Waals surface area contributed by atoms with Crippen molar-refractivity contribution in [2.75, 3.05) is 6.54 Å². The van der Waals surface area contributed by atoms with Crippen molar-refractivity contribution in [2.45, 2.75) is 33.9 Å². The van der Waals surface area contributed by atoms with Crippen LogP contribution < -0.4 is 10.1 Å². The van der Waals surface area contributed by atoms with Crippen LogP contribution in [0.2, 0.25) is 0 Å². The first-order chi connectivity index (χ1) is 10.2. The minimum absolute atomic E-state index is 0.392. The van der Waals surface area contributed by atoms with E-state index >= 15 is 0 Å². The van der Waals surface area contributed by atoms with Crippen molar-refractivity contribution < 1.29 is 4.74 Å². The molecule has 1 heterocycles. The number of ether oxygens (including phenoxy) is 1. The maximum Gasteiger partial charge on any atom is 0.166 e. The average molecular weight is 285 g/mol. The van der Waals surface area contributed by atoms with Crippen molar-refractivity contribution >= 4 is 0 Å². The van der Waals surface area contributed by atoms with E-state index in [0.29, 0.717) is 18.3 Å². The largest absolute Gasteiger partial charge is 0.485 e. The lowest BCUT2D eigenvalue weighted by Crippen LogP contribution is -2.19. The number of nitrogens with zero attached hydrogens (tertiary/aromatic N) is 2. The van der Waals surface area contributed by atoms with Gasteiger partial charge >= 0.3 is 0 Å². The minimum Gasteiger partial charge on any atom is -0.485 e. The van der Waals surface area contributed by atoms with Gasteiger partial charge in [0.2, 0.25) is 0 Å². The van der Waals surface area contributed by atoms with Crippen LogP contribution in [0.4, 0.5) is 0 Å². The highest BCUT2D eigenvalue weighted by Gasteiger charge is 2.08. The summed E-state index contributed by atoms with van der Waals surface area (Å²) >= 11 is 0. The summed E-state index contributed by atoms with van der Waals surface area (Å²) in [6, 6.07) is 8.03. The highest BCUT2D eigenvalue weighted by Crippen LogP contribution is 2.24. The van der Waals surface area contributed by atoms with E-state index in [2.05, 4.69) is 54.3 Å². The van der Waals surface area contributed by atoms with Gasteiger partial charge in [0.05, 0.1) is 0 Å². The van der Waals surface area contributed by atoms with E-state index in [1.165, 1.54) is 5.56 Å². The van der Waals surface area contributed by atoms with E-state index in [-0.39, 0.29) is 0 Å². The van der Waals surface area contributed by atoms with E-state index in [1.807, 2.05) is 0 Å². The number of nitrogens with one attached hydrogen (secondary N) is 1. The number of aromatic nitrogens is 2. The molecule has 0 aliphatic rings.